The molecule has 0 bridgehead atoms. The molecule has 0 unspecified atom stereocenters. The molecule has 5 heteroatoms. The molecule has 2 aromatic rings. The van der Waals surface area contributed by atoms with Gasteiger partial charge in [-0.1, -0.05) is 31.2 Å². The molecule has 0 aliphatic heterocycles. The van der Waals surface area contributed by atoms with Gasteiger partial charge in [0, 0.05) is 12.2 Å². The SMILES string of the molecule is CCc1ccc(NC(=O)CC(=O)NCCc2ccc(F)cc2)cc1. The van der Waals surface area contributed by atoms with Gasteiger partial charge in [-0.25, -0.2) is 4.39 Å². The highest BCUT2D eigenvalue weighted by molar-refractivity contribution is 6.03. The molecule has 0 aliphatic carbocycles. The van der Waals surface area contributed by atoms with Gasteiger partial charge in [0.1, 0.15) is 12.2 Å². The smallest absolute Gasteiger partial charge is 0.233 e. The van der Waals surface area contributed by atoms with Crippen LogP contribution in [-0.2, 0) is 22.4 Å². The van der Waals surface area contributed by atoms with Gasteiger partial charge in [-0.3, -0.25) is 9.59 Å². The maximum Gasteiger partial charge on any atom is 0.233 e. The minimum atomic E-state index is -0.349. The van der Waals surface area contributed by atoms with Gasteiger partial charge in [-0.15, -0.1) is 0 Å². The van der Waals surface area contributed by atoms with Crippen molar-refractivity contribution < 1.29 is 14.0 Å². The first-order chi connectivity index (χ1) is 11.6. The topological polar surface area (TPSA) is 58.2 Å². The first-order valence-corrected chi connectivity index (χ1v) is 7.96. The highest BCUT2D eigenvalue weighted by atomic mass is 19.1. The molecular formula is C19H21FN2O2. The quantitative estimate of drug-likeness (QED) is 0.768. The number of rotatable bonds is 7. The summed E-state index contributed by atoms with van der Waals surface area (Å²) in [6.07, 6.45) is 1.30. The average molecular weight is 328 g/mol. The number of amides is 2. The third-order valence-electron chi connectivity index (χ3n) is 3.62. The minimum absolute atomic E-state index is 0.223. The van der Waals surface area contributed by atoms with Crippen LogP contribution in [0.25, 0.3) is 0 Å². The fourth-order valence-corrected chi connectivity index (χ4v) is 2.23. The summed E-state index contributed by atoms with van der Waals surface area (Å²) >= 11 is 0. The van der Waals surface area contributed by atoms with E-state index in [1.54, 1.807) is 12.1 Å². The van der Waals surface area contributed by atoms with Crippen molar-refractivity contribution in [1.82, 2.24) is 5.32 Å². The zero-order valence-corrected chi connectivity index (χ0v) is 13.6. The van der Waals surface area contributed by atoms with Gasteiger partial charge in [-0.2, -0.15) is 0 Å². The van der Waals surface area contributed by atoms with E-state index in [9.17, 15) is 14.0 Å². The number of nitrogens with one attached hydrogen (secondary N) is 2. The Hall–Kier alpha value is -2.69. The maximum atomic E-state index is 12.8. The lowest BCUT2D eigenvalue weighted by Gasteiger charge is -2.07. The Morgan fingerprint density at radius 1 is 0.917 bits per heavy atom. The van der Waals surface area contributed by atoms with Gasteiger partial charge < -0.3 is 10.6 Å². The number of anilines is 1. The van der Waals surface area contributed by atoms with E-state index < -0.39 is 0 Å². The Bertz CT molecular complexity index is 682. The first-order valence-electron chi connectivity index (χ1n) is 7.96. The third kappa shape index (κ3) is 5.83. The summed E-state index contributed by atoms with van der Waals surface area (Å²) in [5.74, 6) is -0.968. The number of benzene rings is 2. The minimum Gasteiger partial charge on any atom is -0.355 e. The van der Waals surface area contributed by atoms with Crippen LogP contribution in [0.1, 0.15) is 24.5 Å². The lowest BCUT2D eigenvalue weighted by molar-refractivity contribution is -0.126. The summed E-state index contributed by atoms with van der Waals surface area (Å²) in [7, 11) is 0. The van der Waals surface area contributed by atoms with Crippen molar-refractivity contribution in [1.29, 1.82) is 0 Å². The lowest BCUT2D eigenvalue weighted by Crippen LogP contribution is -2.29. The van der Waals surface area contributed by atoms with Crippen LogP contribution in [-0.4, -0.2) is 18.4 Å². The predicted octanol–water partition coefficient (Wildman–Crippen LogP) is 3.08. The summed E-state index contributed by atoms with van der Waals surface area (Å²) in [6.45, 7) is 2.47. The van der Waals surface area contributed by atoms with E-state index >= 15 is 0 Å². The molecule has 0 fully saturated rings. The van der Waals surface area contributed by atoms with E-state index in [4.69, 9.17) is 0 Å². The van der Waals surface area contributed by atoms with Crippen molar-refractivity contribution in [3.8, 4) is 0 Å². The van der Waals surface area contributed by atoms with Gasteiger partial charge in [-0.05, 0) is 48.2 Å². The Morgan fingerprint density at radius 3 is 2.17 bits per heavy atom. The van der Waals surface area contributed by atoms with Crippen molar-refractivity contribution in [3.63, 3.8) is 0 Å². The number of carbonyl (C=O) groups excluding carboxylic acids is 2. The van der Waals surface area contributed by atoms with Crippen LogP contribution in [0.4, 0.5) is 10.1 Å². The van der Waals surface area contributed by atoms with Crippen molar-refractivity contribution in [2.24, 2.45) is 0 Å². The second kappa shape index (κ2) is 8.82. The van der Waals surface area contributed by atoms with Crippen LogP contribution in [0.2, 0.25) is 0 Å². The lowest BCUT2D eigenvalue weighted by atomic mass is 10.1. The fourth-order valence-electron chi connectivity index (χ4n) is 2.23. The highest BCUT2D eigenvalue weighted by Gasteiger charge is 2.09. The normalized spacial score (nSPS) is 10.2. The molecule has 2 N–H and O–H groups in total. The van der Waals surface area contributed by atoms with Crippen LogP contribution in [0.15, 0.2) is 48.5 Å². The van der Waals surface area contributed by atoms with E-state index in [1.807, 2.05) is 24.3 Å². The Labute approximate surface area is 141 Å². The number of aryl methyl sites for hydroxylation is 1. The molecule has 2 aromatic carbocycles. The molecule has 24 heavy (non-hydrogen) atoms. The Morgan fingerprint density at radius 2 is 1.54 bits per heavy atom. The maximum absolute atomic E-state index is 12.8. The number of carbonyl (C=O) groups is 2. The molecule has 0 heterocycles. The van der Waals surface area contributed by atoms with Crippen LogP contribution < -0.4 is 10.6 Å². The number of hydrogen-bond acceptors (Lipinski definition) is 2. The summed E-state index contributed by atoms with van der Waals surface area (Å²) < 4.78 is 12.8. The molecule has 126 valence electrons. The number of halogens is 1. The van der Waals surface area contributed by atoms with Crippen molar-refractivity contribution in [2.45, 2.75) is 26.2 Å². The van der Waals surface area contributed by atoms with Crippen molar-refractivity contribution in [2.75, 3.05) is 11.9 Å². The zero-order valence-electron chi connectivity index (χ0n) is 13.6. The third-order valence-corrected chi connectivity index (χ3v) is 3.62. The second-order valence-corrected chi connectivity index (χ2v) is 5.50. The van der Waals surface area contributed by atoms with Crippen LogP contribution in [0.3, 0.4) is 0 Å². The molecule has 0 saturated heterocycles. The molecule has 2 rings (SSSR count). The van der Waals surface area contributed by atoms with E-state index in [0.29, 0.717) is 18.7 Å². The van der Waals surface area contributed by atoms with Gasteiger partial charge >= 0.3 is 0 Å². The van der Waals surface area contributed by atoms with E-state index in [-0.39, 0.29) is 24.1 Å². The summed E-state index contributed by atoms with van der Waals surface area (Å²) in [5.41, 5.74) is 2.79. The zero-order chi connectivity index (χ0) is 17.4. The molecule has 4 nitrogen and oxygen atoms in total. The molecule has 0 aromatic heterocycles. The Kier molecular flexibility index (Phi) is 6.49. The molecule has 0 atom stereocenters. The van der Waals surface area contributed by atoms with Gasteiger partial charge in [0.25, 0.3) is 0 Å². The fraction of sp³-hybridized carbons (Fsp3) is 0.263. The molecule has 0 spiro atoms. The largest absolute Gasteiger partial charge is 0.355 e. The first kappa shape index (κ1) is 17.7. The van der Waals surface area contributed by atoms with E-state index in [1.165, 1.54) is 17.7 Å². The monoisotopic (exact) mass is 328 g/mol. The van der Waals surface area contributed by atoms with Crippen molar-refractivity contribution >= 4 is 17.5 Å². The van der Waals surface area contributed by atoms with Crippen LogP contribution in [0.5, 0.6) is 0 Å². The Balaban J connectivity index is 1.70. The van der Waals surface area contributed by atoms with Crippen LogP contribution in [0, 0.1) is 5.82 Å². The number of hydrogen-bond donors (Lipinski definition) is 2. The van der Waals surface area contributed by atoms with E-state index in [2.05, 4.69) is 17.6 Å². The van der Waals surface area contributed by atoms with Gasteiger partial charge in [0.2, 0.25) is 11.8 Å². The summed E-state index contributed by atoms with van der Waals surface area (Å²) in [6, 6.07) is 13.6. The van der Waals surface area contributed by atoms with Crippen LogP contribution >= 0.6 is 0 Å². The second-order valence-electron chi connectivity index (χ2n) is 5.50. The molecular weight excluding hydrogens is 307 g/mol. The molecule has 0 radical (unpaired) electrons. The average Bonchev–Trinajstić information content (AvgIpc) is 2.57. The predicted molar refractivity (Wildman–Crippen MR) is 92.2 cm³/mol. The van der Waals surface area contributed by atoms with Gasteiger partial charge in [0.15, 0.2) is 0 Å². The van der Waals surface area contributed by atoms with Crippen molar-refractivity contribution in [3.05, 3.63) is 65.5 Å². The standard InChI is InChI=1S/C19H21FN2O2/c1-2-14-5-9-17(10-6-14)22-19(24)13-18(23)21-12-11-15-3-7-16(20)8-4-15/h3-10H,2,11-13H2,1H3,(H,21,23)(H,22,24). The summed E-state index contributed by atoms with van der Waals surface area (Å²) in [5, 5.41) is 5.38. The van der Waals surface area contributed by atoms with Gasteiger partial charge in [0.05, 0.1) is 0 Å². The molecule has 0 saturated carbocycles. The molecule has 2 amide bonds. The summed E-state index contributed by atoms with van der Waals surface area (Å²) in [4.78, 5) is 23.6. The highest BCUT2D eigenvalue weighted by Crippen LogP contribution is 2.10. The molecule has 0 aliphatic rings. The van der Waals surface area contributed by atoms with E-state index in [0.717, 1.165) is 12.0 Å².